The fourth-order valence-corrected chi connectivity index (χ4v) is 3.24. The monoisotopic (exact) mass is 365 g/mol. The Labute approximate surface area is 156 Å². The van der Waals surface area contributed by atoms with Gasteiger partial charge in [-0.3, -0.25) is 4.90 Å². The Morgan fingerprint density at radius 2 is 1.96 bits per heavy atom. The molecule has 0 spiro atoms. The van der Waals surface area contributed by atoms with Crippen molar-refractivity contribution in [3.8, 4) is 5.75 Å². The highest BCUT2D eigenvalue weighted by Crippen LogP contribution is 2.28. The van der Waals surface area contributed by atoms with E-state index in [2.05, 4.69) is 19.9 Å². The van der Waals surface area contributed by atoms with Gasteiger partial charge < -0.3 is 19.5 Å². The second-order valence-electron chi connectivity index (χ2n) is 6.95. The average molecular weight is 365 g/mol. The number of aliphatic hydroxyl groups is 1. The lowest BCUT2D eigenvalue weighted by atomic mass is 9.98. The lowest BCUT2D eigenvalue weighted by Gasteiger charge is -2.32. The Morgan fingerprint density at radius 3 is 2.62 bits per heavy atom. The van der Waals surface area contributed by atoms with Crippen LogP contribution in [0.1, 0.15) is 38.7 Å². The average Bonchev–Trinajstić information content (AvgIpc) is 2.66. The topological polar surface area (TPSA) is 63.4 Å². The summed E-state index contributed by atoms with van der Waals surface area (Å²) >= 11 is 0. The van der Waals surface area contributed by atoms with E-state index in [1.807, 2.05) is 25.1 Å². The van der Waals surface area contributed by atoms with E-state index in [4.69, 9.17) is 9.47 Å². The maximum Gasteiger partial charge on any atom is 0.410 e. The van der Waals surface area contributed by atoms with Gasteiger partial charge in [-0.2, -0.15) is 0 Å². The van der Waals surface area contributed by atoms with Crippen LogP contribution in [-0.4, -0.2) is 68.1 Å². The van der Waals surface area contributed by atoms with E-state index in [9.17, 15) is 9.90 Å². The molecule has 146 valence electrons. The highest BCUT2D eigenvalue weighted by Gasteiger charge is 2.26. The van der Waals surface area contributed by atoms with Crippen LogP contribution in [0.5, 0.6) is 5.75 Å². The predicted octanol–water partition coefficient (Wildman–Crippen LogP) is 1.30. The number of piperazine rings is 1. The van der Waals surface area contributed by atoms with Gasteiger partial charge >= 0.3 is 6.09 Å². The minimum atomic E-state index is -0.524. The van der Waals surface area contributed by atoms with Crippen molar-refractivity contribution in [3.05, 3.63) is 29.8 Å². The van der Waals surface area contributed by atoms with Crippen LogP contribution in [0.3, 0.4) is 0 Å². The summed E-state index contributed by atoms with van der Waals surface area (Å²) in [7, 11) is 0. The molecule has 1 heterocycles. The van der Waals surface area contributed by atoms with Gasteiger partial charge in [-0.25, -0.2) is 4.79 Å². The zero-order valence-electron chi connectivity index (χ0n) is 16.2. The van der Waals surface area contributed by atoms with Crippen LogP contribution < -0.4 is 9.64 Å². The van der Waals surface area contributed by atoms with Gasteiger partial charge in [0.1, 0.15) is 25.0 Å². The quantitative estimate of drug-likeness (QED) is 0.729. The van der Waals surface area contributed by atoms with Gasteiger partial charge in [0.05, 0.1) is 32.8 Å². The Hall–Kier alpha value is -1.79. The highest BCUT2D eigenvalue weighted by molar-refractivity contribution is 5.67. The van der Waals surface area contributed by atoms with Crippen molar-refractivity contribution in [2.24, 2.45) is 0 Å². The largest absolute Gasteiger partial charge is 0.490 e. The molecule has 1 aliphatic heterocycles. The maximum atomic E-state index is 11.7. The molecule has 1 aliphatic rings. The minimum absolute atomic E-state index is 0.239. The van der Waals surface area contributed by atoms with Gasteiger partial charge in [0.2, 0.25) is 0 Å². The molecular formula is C20H33N2O4+. The van der Waals surface area contributed by atoms with Crippen LogP contribution in [0.25, 0.3) is 0 Å². The molecule has 0 aliphatic carbocycles. The van der Waals surface area contributed by atoms with Crippen molar-refractivity contribution in [2.75, 3.05) is 45.9 Å². The van der Waals surface area contributed by atoms with Gasteiger partial charge in [0.15, 0.2) is 0 Å². The van der Waals surface area contributed by atoms with Crippen molar-refractivity contribution >= 4 is 6.09 Å². The number of carbonyl (C=O) groups excluding carboxylic acids is 1. The number of carbonyl (C=O) groups is 1. The summed E-state index contributed by atoms with van der Waals surface area (Å²) in [5.74, 6) is 1.30. The van der Waals surface area contributed by atoms with Crippen LogP contribution in [-0.2, 0) is 4.74 Å². The number of amides is 1. The number of rotatable bonds is 8. The molecule has 26 heavy (non-hydrogen) atoms. The van der Waals surface area contributed by atoms with Crippen molar-refractivity contribution in [1.82, 2.24) is 4.90 Å². The first-order valence-electron chi connectivity index (χ1n) is 9.70. The fraction of sp³-hybridized carbons (Fsp3) is 0.650. The third-order valence-electron chi connectivity index (χ3n) is 5.01. The Bertz CT molecular complexity index is 558. The lowest BCUT2D eigenvalue weighted by Crippen LogP contribution is -3.16. The molecule has 6 heteroatoms. The summed E-state index contributed by atoms with van der Waals surface area (Å²) in [5.41, 5.74) is 1.19. The SMILES string of the molecule is CCOC(=O)N1CC[NH+](C[C@H](O)COc2ccccc2[C@H](C)CC)CC1. The molecule has 0 unspecified atom stereocenters. The number of aliphatic hydroxyl groups excluding tert-OH is 1. The number of hydrogen-bond donors (Lipinski definition) is 2. The first-order valence-corrected chi connectivity index (χ1v) is 9.70. The number of quaternary nitrogens is 1. The number of benzene rings is 1. The third-order valence-corrected chi connectivity index (χ3v) is 5.01. The van der Waals surface area contributed by atoms with E-state index in [0.29, 0.717) is 38.8 Å². The molecule has 1 aromatic carbocycles. The Kier molecular flexibility index (Phi) is 8.19. The summed E-state index contributed by atoms with van der Waals surface area (Å²) in [4.78, 5) is 14.7. The van der Waals surface area contributed by atoms with E-state index in [0.717, 1.165) is 25.3 Å². The van der Waals surface area contributed by atoms with E-state index in [1.165, 1.54) is 10.5 Å². The van der Waals surface area contributed by atoms with Crippen LogP contribution in [0.2, 0.25) is 0 Å². The summed E-state index contributed by atoms with van der Waals surface area (Å²) in [6.45, 7) is 10.5. The summed E-state index contributed by atoms with van der Waals surface area (Å²) in [6.07, 6.45) is 0.291. The Morgan fingerprint density at radius 1 is 1.27 bits per heavy atom. The minimum Gasteiger partial charge on any atom is -0.490 e. The third kappa shape index (κ3) is 5.88. The van der Waals surface area contributed by atoms with Crippen molar-refractivity contribution in [1.29, 1.82) is 0 Å². The first-order chi connectivity index (χ1) is 12.5. The number of nitrogens with one attached hydrogen (secondary N) is 1. The zero-order valence-corrected chi connectivity index (χ0v) is 16.2. The second kappa shape index (κ2) is 10.4. The molecule has 2 N–H and O–H groups in total. The van der Waals surface area contributed by atoms with E-state index in [1.54, 1.807) is 4.90 Å². The standard InChI is InChI=1S/C20H32N2O4/c1-4-16(3)18-8-6-7-9-19(18)26-15-17(23)14-21-10-12-22(13-11-21)20(24)25-5-2/h6-9,16-17,23H,4-5,10-15H2,1-3H3/p+1/t16-,17+/m1/s1. The molecule has 1 aromatic rings. The molecular weight excluding hydrogens is 332 g/mol. The van der Waals surface area contributed by atoms with E-state index < -0.39 is 6.10 Å². The number of para-hydroxylation sites is 1. The summed E-state index contributed by atoms with van der Waals surface area (Å²) in [6, 6.07) is 8.06. The maximum absolute atomic E-state index is 11.7. The van der Waals surface area contributed by atoms with Gasteiger partial charge in [-0.15, -0.1) is 0 Å². The molecule has 2 rings (SSSR count). The molecule has 1 fully saturated rings. The molecule has 1 saturated heterocycles. The molecule has 0 saturated carbocycles. The fourth-order valence-electron chi connectivity index (χ4n) is 3.24. The van der Waals surface area contributed by atoms with Crippen molar-refractivity contribution in [2.45, 2.75) is 39.2 Å². The van der Waals surface area contributed by atoms with Gasteiger partial charge in [-0.05, 0) is 30.9 Å². The predicted molar refractivity (Wildman–Crippen MR) is 101 cm³/mol. The van der Waals surface area contributed by atoms with E-state index >= 15 is 0 Å². The normalized spacial score (nSPS) is 17.6. The zero-order chi connectivity index (χ0) is 18.9. The number of ether oxygens (including phenoxy) is 2. The van der Waals surface area contributed by atoms with Crippen LogP contribution in [0.4, 0.5) is 4.79 Å². The summed E-state index contributed by atoms with van der Waals surface area (Å²) < 4.78 is 10.9. The van der Waals surface area contributed by atoms with Crippen LogP contribution >= 0.6 is 0 Å². The van der Waals surface area contributed by atoms with Crippen molar-refractivity contribution < 1.29 is 24.3 Å². The molecule has 0 aromatic heterocycles. The molecule has 6 nitrogen and oxygen atoms in total. The van der Waals surface area contributed by atoms with Crippen molar-refractivity contribution in [3.63, 3.8) is 0 Å². The second-order valence-corrected chi connectivity index (χ2v) is 6.95. The van der Waals surface area contributed by atoms with Crippen LogP contribution in [0.15, 0.2) is 24.3 Å². The highest BCUT2D eigenvalue weighted by atomic mass is 16.6. The van der Waals surface area contributed by atoms with Gasteiger partial charge in [0, 0.05) is 0 Å². The lowest BCUT2D eigenvalue weighted by molar-refractivity contribution is -0.907. The molecule has 2 atom stereocenters. The molecule has 0 radical (unpaired) electrons. The van der Waals surface area contributed by atoms with Gasteiger partial charge in [0.25, 0.3) is 0 Å². The number of nitrogens with zero attached hydrogens (tertiary/aromatic N) is 1. The van der Waals surface area contributed by atoms with Gasteiger partial charge in [-0.1, -0.05) is 32.0 Å². The molecule has 1 amide bonds. The molecule has 0 bridgehead atoms. The Balaban J connectivity index is 1.77. The number of hydrogen-bond acceptors (Lipinski definition) is 4. The van der Waals surface area contributed by atoms with E-state index in [-0.39, 0.29) is 6.09 Å². The van der Waals surface area contributed by atoms with Crippen LogP contribution in [0, 0.1) is 0 Å². The first kappa shape index (κ1) is 20.5. The smallest absolute Gasteiger partial charge is 0.410 e. The summed E-state index contributed by atoms with van der Waals surface area (Å²) in [5, 5.41) is 10.4.